The van der Waals surface area contributed by atoms with Crippen molar-refractivity contribution >= 4 is 34.9 Å². The first-order valence-corrected chi connectivity index (χ1v) is 10.1. The highest BCUT2D eigenvalue weighted by atomic mass is 35.5. The summed E-state index contributed by atoms with van der Waals surface area (Å²) in [6, 6.07) is 10.3. The van der Waals surface area contributed by atoms with E-state index in [4.69, 9.17) is 11.6 Å². The maximum atomic E-state index is 14.0. The summed E-state index contributed by atoms with van der Waals surface area (Å²) in [6.07, 6.45) is 1.24. The van der Waals surface area contributed by atoms with E-state index in [0.29, 0.717) is 6.54 Å². The molecule has 0 fully saturated rings. The number of hydrogen-bond acceptors (Lipinski definition) is 5. The maximum Gasteiger partial charge on any atom is 0.329 e. The second-order valence-corrected chi connectivity index (χ2v) is 7.85. The normalized spacial score (nSPS) is 11.5. The summed E-state index contributed by atoms with van der Waals surface area (Å²) >= 11 is 6.04. The summed E-state index contributed by atoms with van der Waals surface area (Å²) in [7, 11) is 1.52. The molecule has 164 valence electrons. The van der Waals surface area contributed by atoms with Crippen LogP contribution in [0.15, 0.2) is 51.1 Å². The van der Waals surface area contributed by atoms with Gasteiger partial charge in [-0.25, -0.2) is 14.6 Å². The first kappa shape index (κ1) is 21.5. The van der Waals surface area contributed by atoms with Crippen molar-refractivity contribution in [3.8, 4) is 0 Å². The van der Waals surface area contributed by atoms with Crippen molar-refractivity contribution in [3.05, 3.63) is 90.3 Å². The van der Waals surface area contributed by atoms with E-state index >= 15 is 0 Å². The van der Waals surface area contributed by atoms with Gasteiger partial charge in [-0.1, -0.05) is 41.4 Å². The molecule has 10 heteroatoms. The van der Waals surface area contributed by atoms with Crippen molar-refractivity contribution in [3.63, 3.8) is 0 Å². The Labute approximate surface area is 187 Å². The van der Waals surface area contributed by atoms with Crippen LogP contribution in [0.2, 0.25) is 5.02 Å². The van der Waals surface area contributed by atoms with Gasteiger partial charge in [-0.15, -0.1) is 0 Å². The van der Waals surface area contributed by atoms with Gasteiger partial charge in [0.25, 0.3) is 5.56 Å². The molecular weight excluding hydrogens is 435 g/mol. The number of benzene rings is 2. The molecule has 8 nitrogen and oxygen atoms in total. The Morgan fingerprint density at radius 3 is 2.78 bits per heavy atom. The van der Waals surface area contributed by atoms with E-state index in [1.807, 2.05) is 32.0 Å². The number of hydrazone groups is 1. The zero-order valence-corrected chi connectivity index (χ0v) is 18.4. The first-order valence-electron chi connectivity index (χ1n) is 9.75. The van der Waals surface area contributed by atoms with Gasteiger partial charge in [-0.2, -0.15) is 10.1 Å². The van der Waals surface area contributed by atoms with Crippen LogP contribution in [-0.4, -0.2) is 25.3 Å². The minimum Gasteiger partial charge on any atom is -0.298 e. The molecule has 0 unspecified atom stereocenters. The lowest BCUT2D eigenvalue weighted by atomic mass is 10.1. The molecule has 2 N–H and O–H groups in total. The third-order valence-corrected chi connectivity index (χ3v) is 5.53. The molecular formula is C22H20ClFN6O2. The number of H-pyrrole nitrogens is 1. The molecule has 0 radical (unpaired) electrons. The maximum absolute atomic E-state index is 14.0. The topological polar surface area (TPSA) is 97.1 Å². The number of anilines is 1. The Balaban J connectivity index is 1.83. The van der Waals surface area contributed by atoms with E-state index < -0.39 is 17.1 Å². The number of aromatic nitrogens is 4. The fourth-order valence-electron chi connectivity index (χ4n) is 3.40. The second-order valence-electron chi connectivity index (χ2n) is 7.45. The molecule has 0 spiro atoms. The molecule has 0 aliphatic rings. The number of halogens is 2. The summed E-state index contributed by atoms with van der Waals surface area (Å²) in [4.78, 5) is 31.4. The zero-order valence-electron chi connectivity index (χ0n) is 17.6. The summed E-state index contributed by atoms with van der Waals surface area (Å²) in [5.74, 6) is -0.304. The largest absolute Gasteiger partial charge is 0.329 e. The minimum absolute atomic E-state index is 0.115. The van der Waals surface area contributed by atoms with E-state index in [-0.39, 0.29) is 27.7 Å². The van der Waals surface area contributed by atoms with Crippen molar-refractivity contribution in [1.82, 2.24) is 19.1 Å². The fourth-order valence-corrected chi connectivity index (χ4v) is 3.62. The Morgan fingerprint density at radius 2 is 2.03 bits per heavy atom. The molecule has 0 aliphatic heterocycles. The third kappa shape index (κ3) is 3.94. The van der Waals surface area contributed by atoms with E-state index in [0.717, 1.165) is 16.7 Å². The third-order valence-electron chi connectivity index (χ3n) is 5.20. The lowest BCUT2D eigenvalue weighted by molar-refractivity contribution is 0.626. The monoisotopic (exact) mass is 454 g/mol. The molecule has 2 heterocycles. The van der Waals surface area contributed by atoms with Gasteiger partial charge in [0, 0.05) is 12.6 Å². The lowest BCUT2D eigenvalue weighted by Crippen LogP contribution is -2.29. The van der Waals surface area contributed by atoms with Crippen LogP contribution < -0.4 is 16.7 Å². The smallest absolute Gasteiger partial charge is 0.298 e. The number of nitrogens with zero attached hydrogens (tertiary/aromatic N) is 4. The van der Waals surface area contributed by atoms with Gasteiger partial charge in [0.05, 0.1) is 17.8 Å². The van der Waals surface area contributed by atoms with Crippen molar-refractivity contribution in [2.75, 3.05) is 5.43 Å². The molecule has 0 saturated heterocycles. The number of hydrogen-bond donors (Lipinski definition) is 2. The van der Waals surface area contributed by atoms with Crippen LogP contribution in [-0.2, 0) is 13.6 Å². The highest BCUT2D eigenvalue weighted by Gasteiger charge is 2.18. The highest BCUT2D eigenvalue weighted by Crippen LogP contribution is 2.21. The van der Waals surface area contributed by atoms with Gasteiger partial charge in [0.15, 0.2) is 11.2 Å². The van der Waals surface area contributed by atoms with Crippen molar-refractivity contribution in [2.24, 2.45) is 12.1 Å². The Bertz CT molecular complexity index is 1460. The molecule has 4 rings (SSSR count). The summed E-state index contributed by atoms with van der Waals surface area (Å²) in [5, 5.41) is 4.28. The van der Waals surface area contributed by atoms with Crippen molar-refractivity contribution in [2.45, 2.75) is 20.4 Å². The minimum atomic E-state index is -0.577. The van der Waals surface area contributed by atoms with Crippen molar-refractivity contribution in [1.29, 1.82) is 0 Å². The van der Waals surface area contributed by atoms with Gasteiger partial charge >= 0.3 is 5.69 Å². The molecule has 4 aromatic rings. The number of imidazole rings is 1. The molecule has 0 aliphatic carbocycles. The molecule has 32 heavy (non-hydrogen) atoms. The molecule has 0 atom stereocenters. The molecule has 0 bridgehead atoms. The highest BCUT2D eigenvalue weighted by molar-refractivity contribution is 6.33. The Kier molecular flexibility index (Phi) is 5.67. The van der Waals surface area contributed by atoms with Gasteiger partial charge < -0.3 is 0 Å². The van der Waals surface area contributed by atoms with Gasteiger partial charge in [-0.05, 0) is 37.1 Å². The standard InChI is InChI=1S/C22H20ClFN6O2/c1-12-7-8-13(2)14(9-12)11-30-18-19(29(3)22(32)27-20(18)31)26-21(30)28-25-10-15-16(23)5-4-6-17(15)24/h4-10H,11H2,1-3H3,(H,26,28)(H,27,31,32)/b25-10+. The molecule has 2 aromatic heterocycles. The predicted molar refractivity (Wildman–Crippen MR) is 123 cm³/mol. The molecule has 0 saturated carbocycles. The van der Waals surface area contributed by atoms with E-state index in [1.165, 1.54) is 30.0 Å². The quantitative estimate of drug-likeness (QED) is 0.357. The first-order chi connectivity index (χ1) is 15.3. The van der Waals surface area contributed by atoms with E-state index in [1.54, 1.807) is 10.6 Å². The second kappa shape index (κ2) is 8.43. The Hall–Kier alpha value is -3.72. The van der Waals surface area contributed by atoms with Gasteiger partial charge in [-0.3, -0.25) is 18.9 Å². The summed E-state index contributed by atoms with van der Waals surface area (Å²) in [5.41, 5.74) is 5.23. The SMILES string of the molecule is Cc1ccc(C)c(Cn2c(N/N=C/c3c(F)cccc3Cl)nc3c2c(=O)[nH]c(=O)n3C)c1. The molecule has 2 aromatic carbocycles. The fraction of sp³-hybridized carbons (Fsp3) is 0.182. The summed E-state index contributed by atoms with van der Waals surface area (Å²) < 4.78 is 16.9. The average Bonchev–Trinajstić information content (AvgIpc) is 3.10. The average molecular weight is 455 g/mol. The van der Waals surface area contributed by atoms with Crippen LogP contribution in [0.5, 0.6) is 0 Å². The van der Waals surface area contributed by atoms with Crippen LogP contribution in [0.1, 0.15) is 22.3 Å². The van der Waals surface area contributed by atoms with E-state index in [2.05, 4.69) is 20.5 Å². The summed E-state index contributed by atoms with van der Waals surface area (Å²) in [6.45, 7) is 4.26. The number of nitrogens with one attached hydrogen (secondary N) is 2. The van der Waals surface area contributed by atoms with Crippen LogP contribution >= 0.6 is 11.6 Å². The van der Waals surface area contributed by atoms with Crippen LogP contribution in [0.25, 0.3) is 11.2 Å². The van der Waals surface area contributed by atoms with Gasteiger partial charge in [0.1, 0.15) is 5.82 Å². The van der Waals surface area contributed by atoms with Crippen LogP contribution in [0.4, 0.5) is 10.3 Å². The number of fused-ring (bicyclic) bond motifs is 1. The molecule has 0 amide bonds. The lowest BCUT2D eigenvalue weighted by Gasteiger charge is -2.11. The van der Waals surface area contributed by atoms with Gasteiger partial charge in [0.2, 0.25) is 5.95 Å². The zero-order chi connectivity index (χ0) is 23.0. The number of aromatic amines is 1. The number of rotatable bonds is 5. The van der Waals surface area contributed by atoms with E-state index in [9.17, 15) is 14.0 Å². The predicted octanol–water partition coefficient (Wildman–Crippen LogP) is 3.33. The number of aryl methyl sites for hydroxylation is 3. The Morgan fingerprint density at radius 1 is 1.25 bits per heavy atom. The van der Waals surface area contributed by atoms with Crippen LogP contribution in [0.3, 0.4) is 0 Å². The van der Waals surface area contributed by atoms with Crippen LogP contribution in [0, 0.1) is 19.7 Å². The van der Waals surface area contributed by atoms with Crippen molar-refractivity contribution < 1.29 is 4.39 Å².